The maximum absolute atomic E-state index is 5.91. The van der Waals surface area contributed by atoms with E-state index in [2.05, 4.69) is 55.0 Å². The van der Waals surface area contributed by atoms with Crippen molar-refractivity contribution in [2.45, 2.75) is 96.8 Å². The largest absolute Gasteiger partial charge is 0.494 e. The van der Waals surface area contributed by atoms with Crippen LogP contribution < -0.4 is 4.74 Å². The molecular weight excluding hydrogens is 344 g/mol. The molecule has 0 bridgehead atoms. The Balaban J connectivity index is 1.64. The summed E-state index contributed by atoms with van der Waals surface area (Å²) in [7, 11) is 0. The van der Waals surface area contributed by atoms with Crippen molar-refractivity contribution in [2.75, 3.05) is 6.61 Å². The molecule has 1 aromatic heterocycles. The molecule has 0 aliphatic heterocycles. The van der Waals surface area contributed by atoms with Gasteiger partial charge in [-0.2, -0.15) is 0 Å². The number of benzene rings is 1. The molecule has 2 atom stereocenters. The summed E-state index contributed by atoms with van der Waals surface area (Å²) >= 11 is 0. The Morgan fingerprint density at radius 2 is 1.68 bits per heavy atom. The Morgan fingerprint density at radius 1 is 0.929 bits per heavy atom. The van der Waals surface area contributed by atoms with Crippen molar-refractivity contribution in [1.82, 2.24) is 9.97 Å². The monoisotopic (exact) mass is 384 g/mol. The lowest BCUT2D eigenvalue weighted by molar-refractivity contribution is 0.304. The van der Waals surface area contributed by atoms with Gasteiger partial charge in [0.2, 0.25) is 0 Å². The summed E-state index contributed by atoms with van der Waals surface area (Å²) in [5, 5.41) is 0. The minimum atomic E-state index is 0.556. The van der Waals surface area contributed by atoms with Crippen molar-refractivity contribution >= 4 is 0 Å². The Hall–Kier alpha value is -1.77. The fourth-order valence-electron chi connectivity index (χ4n) is 3.84. The summed E-state index contributed by atoms with van der Waals surface area (Å²) in [4.78, 5) is 7.71. The quantitative estimate of drug-likeness (QED) is 0.321. The van der Waals surface area contributed by atoms with E-state index in [-0.39, 0.29) is 0 Å². The molecule has 0 aliphatic rings. The van der Waals surface area contributed by atoms with Gasteiger partial charge in [-0.25, -0.2) is 4.98 Å². The molecule has 3 nitrogen and oxygen atoms in total. The third-order valence-electron chi connectivity index (χ3n) is 5.80. The van der Waals surface area contributed by atoms with Gasteiger partial charge in [-0.05, 0) is 49.3 Å². The second-order valence-electron chi connectivity index (χ2n) is 8.10. The van der Waals surface area contributed by atoms with Crippen LogP contribution in [-0.4, -0.2) is 16.6 Å². The van der Waals surface area contributed by atoms with Crippen LogP contribution in [0, 0.1) is 0 Å². The van der Waals surface area contributed by atoms with Crippen molar-refractivity contribution < 1.29 is 4.74 Å². The van der Waals surface area contributed by atoms with E-state index in [1.807, 2.05) is 12.4 Å². The Bertz CT molecular complexity index is 606. The Labute approximate surface area is 172 Å². The van der Waals surface area contributed by atoms with Crippen LogP contribution in [0.5, 0.6) is 5.75 Å². The van der Waals surface area contributed by atoms with Gasteiger partial charge in [0.05, 0.1) is 6.61 Å². The molecule has 0 aliphatic carbocycles. The van der Waals surface area contributed by atoms with Crippen LogP contribution >= 0.6 is 0 Å². The maximum atomic E-state index is 5.91. The first-order valence-electron chi connectivity index (χ1n) is 11.5. The van der Waals surface area contributed by atoms with Crippen LogP contribution in [0.3, 0.4) is 0 Å². The van der Waals surface area contributed by atoms with Gasteiger partial charge < -0.3 is 9.72 Å². The van der Waals surface area contributed by atoms with Crippen molar-refractivity contribution in [3.8, 4) is 5.75 Å². The van der Waals surface area contributed by atoms with Crippen LogP contribution in [-0.2, 0) is 0 Å². The fourth-order valence-corrected chi connectivity index (χ4v) is 3.84. The van der Waals surface area contributed by atoms with Crippen LogP contribution in [0.15, 0.2) is 36.7 Å². The van der Waals surface area contributed by atoms with E-state index in [1.165, 1.54) is 56.9 Å². The SMILES string of the molecule is CCCCCCCCOc1ccc(C(C)CCCC(CC)c2ncc[nH]2)cc1. The van der Waals surface area contributed by atoms with E-state index >= 15 is 0 Å². The lowest BCUT2D eigenvalue weighted by Gasteiger charge is -2.16. The molecule has 3 heteroatoms. The number of ether oxygens (including phenoxy) is 1. The number of aromatic amines is 1. The van der Waals surface area contributed by atoms with Crippen LogP contribution in [0.25, 0.3) is 0 Å². The number of unbranched alkanes of at least 4 members (excludes halogenated alkanes) is 5. The first-order valence-corrected chi connectivity index (χ1v) is 11.5. The predicted octanol–water partition coefficient (Wildman–Crippen LogP) is 7.62. The molecule has 2 unspecified atom stereocenters. The number of rotatable bonds is 15. The van der Waals surface area contributed by atoms with Gasteiger partial charge in [0, 0.05) is 18.3 Å². The Morgan fingerprint density at radius 3 is 2.36 bits per heavy atom. The van der Waals surface area contributed by atoms with Gasteiger partial charge in [0.15, 0.2) is 0 Å². The van der Waals surface area contributed by atoms with Gasteiger partial charge in [0.1, 0.15) is 11.6 Å². The molecule has 2 rings (SSSR count). The minimum absolute atomic E-state index is 0.556. The third kappa shape index (κ3) is 8.08. The zero-order chi connectivity index (χ0) is 20.0. The normalized spacial score (nSPS) is 13.4. The Kier molecular flexibility index (Phi) is 10.8. The number of H-pyrrole nitrogens is 1. The highest BCUT2D eigenvalue weighted by molar-refractivity contribution is 5.29. The summed E-state index contributed by atoms with van der Waals surface area (Å²) in [6.07, 6.45) is 16.4. The second-order valence-corrected chi connectivity index (χ2v) is 8.10. The molecule has 0 saturated carbocycles. The standard InChI is InChI=1S/C25H40N2O/c1-4-6-7-8-9-10-20-28-24-16-14-23(15-17-24)21(3)12-11-13-22(5-2)25-26-18-19-27-25/h14-19,21-22H,4-13,20H2,1-3H3,(H,26,27). The molecular formula is C25H40N2O. The van der Waals surface area contributed by atoms with E-state index in [4.69, 9.17) is 4.74 Å². The summed E-state index contributed by atoms with van der Waals surface area (Å²) < 4.78 is 5.91. The van der Waals surface area contributed by atoms with E-state index in [9.17, 15) is 0 Å². The van der Waals surface area contributed by atoms with Crippen molar-refractivity contribution in [3.63, 3.8) is 0 Å². The molecule has 1 N–H and O–H groups in total. The number of hydrogen-bond donors (Lipinski definition) is 1. The summed E-state index contributed by atoms with van der Waals surface area (Å²) in [6.45, 7) is 7.68. The smallest absolute Gasteiger partial charge is 0.119 e. The highest BCUT2D eigenvalue weighted by Gasteiger charge is 2.13. The summed E-state index contributed by atoms with van der Waals surface area (Å²) in [5.74, 6) is 3.29. The van der Waals surface area contributed by atoms with Crippen molar-refractivity contribution in [1.29, 1.82) is 0 Å². The lowest BCUT2D eigenvalue weighted by Crippen LogP contribution is -2.02. The average molecular weight is 385 g/mol. The van der Waals surface area contributed by atoms with Crippen molar-refractivity contribution in [2.24, 2.45) is 0 Å². The van der Waals surface area contributed by atoms with Crippen LogP contribution in [0.2, 0.25) is 0 Å². The van der Waals surface area contributed by atoms with Gasteiger partial charge in [0.25, 0.3) is 0 Å². The van der Waals surface area contributed by atoms with E-state index < -0.39 is 0 Å². The fraction of sp³-hybridized carbons (Fsp3) is 0.640. The number of nitrogens with zero attached hydrogens (tertiary/aromatic N) is 1. The molecule has 0 spiro atoms. The third-order valence-corrected chi connectivity index (χ3v) is 5.80. The first kappa shape index (κ1) is 22.5. The topological polar surface area (TPSA) is 37.9 Å². The molecule has 1 heterocycles. The summed E-state index contributed by atoms with van der Waals surface area (Å²) in [6, 6.07) is 8.76. The van der Waals surface area contributed by atoms with E-state index in [0.29, 0.717) is 11.8 Å². The van der Waals surface area contributed by atoms with Gasteiger partial charge in [-0.1, -0.05) is 71.4 Å². The van der Waals surface area contributed by atoms with E-state index in [0.717, 1.165) is 31.0 Å². The minimum Gasteiger partial charge on any atom is -0.494 e. The molecule has 28 heavy (non-hydrogen) atoms. The van der Waals surface area contributed by atoms with Gasteiger partial charge in [-0.3, -0.25) is 0 Å². The maximum Gasteiger partial charge on any atom is 0.119 e. The number of imidazole rings is 1. The lowest BCUT2D eigenvalue weighted by atomic mass is 9.91. The zero-order valence-corrected chi connectivity index (χ0v) is 18.3. The molecule has 0 fully saturated rings. The predicted molar refractivity (Wildman–Crippen MR) is 119 cm³/mol. The van der Waals surface area contributed by atoms with Crippen LogP contribution in [0.1, 0.15) is 108 Å². The number of aromatic nitrogens is 2. The molecule has 1 aromatic carbocycles. The van der Waals surface area contributed by atoms with Crippen LogP contribution in [0.4, 0.5) is 0 Å². The van der Waals surface area contributed by atoms with Gasteiger partial charge >= 0.3 is 0 Å². The highest BCUT2D eigenvalue weighted by atomic mass is 16.5. The zero-order valence-electron chi connectivity index (χ0n) is 18.3. The number of hydrogen-bond acceptors (Lipinski definition) is 2. The van der Waals surface area contributed by atoms with E-state index in [1.54, 1.807) is 0 Å². The van der Waals surface area contributed by atoms with Gasteiger partial charge in [-0.15, -0.1) is 0 Å². The molecule has 0 amide bonds. The number of nitrogens with one attached hydrogen (secondary N) is 1. The highest BCUT2D eigenvalue weighted by Crippen LogP contribution is 2.28. The molecule has 0 radical (unpaired) electrons. The second kappa shape index (κ2) is 13.4. The molecule has 2 aromatic rings. The molecule has 0 saturated heterocycles. The molecule has 156 valence electrons. The van der Waals surface area contributed by atoms with Crippen molar-refractivity contribution in [3.05, 3.63) is 48.0 Å². The average Bonchev–Trinajstić information content (AvgIpc) is 3.25. The summed E-state index contributed by atoms with van der Waals surface area (Å²) in [5.41, 5.74) is 1.41. The first-order chi connectivity index (χ1) is 13.7.